The molecule has 1 N–H and O–H groups in total. The molecule has 1 aromatic carbocycles. The van der Waals surface area contributed by atoms with Crippen molar-refractivity contribution in [2.24, 2.45) is 11.8 Å². The predicted molar refractivity (Wildman–Crippen MR) is 94.0 cm³/mol. The molecule has 0 saturated heterocycles. The van der Waals surface area contributed by atoms with Crippen LogP contribution in [0.15, 0.2) is 23.7 Å². The Labute approximate surface area is 145 Å². The second-order valence-electron chi connectivity index (χ2n) is 6.55. The molecule has 1 aromatic heterocycles. The maximum absolute atomic E-state index is 12.1. The van der Waals surface area contributed by atoms with Crippen LogP contribution < -0.4 is 5.32 Å². The zero-order chi connectivity index (χ0) is 17.1. The Balaban J connectivity index is 1.52. The number of fused-ring (bicyclic) bond motifs is 1. The van der Waals surface area contributed by atoms with Gasteiger partial charge >= 0.3 is 5.97 Å². The van der Waals surface area contributed by atoms with Crippen LogP contribution in [0.5, 0.6) is 0 Å². The first-order valence-corrected chi connectivity index (χ1v) is 9.22. The number of nitrogens with one attached hydrogen (secondary N) is 1. The first-order valence-electron chi connectivity index (χ1n) is 8.34. The summed E-state index contributed by atoms with van der Waals surface area (Å²) in [5.41, 5.74) is 3.04. The van der Waals surface area contributed by atoms with Gasteiger partial charge in [0.05, 0.1) is 21.3 Å². The van der Waals surface area contributed by atoms with Gasteiger partial charge in [0.2, 0.25) is 0 Å². The van der Waals surface area contributed by atoms with E-state index in [1.165, 1.54) is 17.8 Å². The number of esters is 1. The van der Waals surface area contributed by atoms with Crippen LogP contribution in [-0.2, 0) is 9.53 Å². The lowest BCUT2D eigenvalue weighted by molar-refractivity contribution is -0.125. The summed E-state index contributed by atoms with van der Waals surface area (Å²) in [6.07, 6.45) is 3.33. The van der Waals surface area contributed by atoms with Gasteiger partial charge in [-0.2, -0.15) is 0 Å². The van der Waals surface area contributed by atoms with Gasteiger partial charge < -0.3 is 10.1 Å². The number of aromatic nitrogens is 1. The zero-order valence-corrected chi connectivity index (χ0v) is 14.8. The molecule has 1 fully saturated rings. The molecule has 0 spiro atoms. The number of rotatable bonds is 4. The monoisotopic (exact) mass is 346 g/mol. The number of amides is 1. The largest absolute Gasteiger partial charge is 0.452 e. The highest BCUT2D eigenvalue weighted by atomic mass is 32.1. The minimum absolute atomic E-state index is 0.175. The van der Waals surface area contributed by atoms with Crippen molar-refractivity contribution in [1.29, 1.82) is 0 Å². The van der Waals surface area contributed by atoms with Crippen molar-refractivity contribution in [1.82, 2.24) is 10.3 Å². The topological polar surface area (TPSA) is 68.3 Å². The minimum Gasteiger partial charge on any atom is -0.452 e. The van der Waals surface area contributed by atoms with Crippen molar-refractivity contribution in [2.75, 3.05) is 6.61 Å². The minimum atomic E-state index is -0.481. The van der Waals surface area contributed by atoms with E-state index in [-0.39, 0.29) is 18.6 Å². The number of carbonyl (C=O) groups excluding carboxylic acids is 2. The molecule has 0 unspecified atom stereocenters. The summed E-state index contributed by atoms with van der Waals surface area (Å²) < 4.78 is 6.08. The van der Waals surface area contributed by atoms with E-state index in [1.54, 1.807) is 23.7 Å². The lowest BCUT2D eigenvalue weighted by Gasteiger charge is -2.34. The number of carbonyl (C=O) groups is 2. The smallest absolute Gasteiger partial charge is 0.338 e. The Kier molecular flexibility index (Phi) is 5.14. The molecule has 0 radical (unpaired) electrons. The third-order valence-corrected chi connectivity index (χ3v) is 5.75. The highest BCUT2D eigenvalue weighted by Gasteiger charge is 2.28. The van der Waals surface area contributed by atoms with Gasteiger partial charge in [0.1, 0.15) is 0 Å². The van der Waals surface area contributed by atoms with Crippen LogP contribution in [0.4, 0.5) is 0 Å². The van der Waals surface area contributed by atoms with Gasteiger partial charge in [-0.15, -0.1) is 11.3 Å². The standard InChI is InChI=1S/C18H22N2O3S/c1-11-4-3-5-14(12(11)2)20-17(21)9-23-18(22)13-6-7-15-16(8-13)24-10-19-15/h6-8,10-12,14H,3-5,9H2,1-2H3,(H,20,21)/t11-,12+,14-/m0/s1. The lowest BCUT2D eigenvalue weighted by atomic mass is 9.78. The van der Waals surface area contributed by atoms with Crippen LogP contribution in [0.1, 0.15) is 43.5 Å². The van der Waals surface area contributed by atoms with Crippen molar-refractivity contribution in [3.05, 3.63) is 29.3 Å². The van der Waals surface area contributed by atoms with E-state index in [9.17, 15) is 9.59 Å². The first-order chi connectivity index (χ1) is 11.5. The second-order valence-corrected chi connectivity index (χ2v) is 7.44. The molecule has 24 heavy (non-hydrogen) atoms. The van der Waals surface area contributed by atoms with E-state index < -0.39 is 5.97 Å². The molecule has 128 valence electrons. The number of benzene rings is 1. The molecular weight excluding hydrogens is 324 g/mol. The SMILES string of the molecule is C[C@H]1[C@@H](NC(=O)COC(=O)c2ccc3ncsc3c2)CCC[C@@H]1C. The van der Waals surface area contributed by atoms with Gasteiger partial charge in [-0.05, 0) is 36.5 Å². The van der Waals surface area contributed by atoms with Crippen molar-refractivity contribution in [3.8, 4) is 0 Å². The van der Waals surface area contributed by atoms with Gasteiger partial charge in [-0.1, -0.05) is 26.7 Å². The van der Waals surface area contributed by atoms with Crippen LogP contribution in [0.2, 0.25) is 0 Å². The van der Waals surface area contributed by atoms with Crippen molar-refractivity contribution in [3.63, 3.8) is 0 Å². The molecule has 5 nitrogen and oxygen atoms in total. The molecule has 1 saturated carbocycles. The molecule has 0 bridgehead atoms. The van der Waals surface area contributed by atoms with Gasteiger partial charge in [-0.3, -0.25) is 4.79 Å². The molecular formula is C18H22N2O3S. The van der Waals surface area contributed by atoms with E-state index in [4.69, 9.17) is 4.74 Å². The summed E-state index contributed by atoms with van der Waals surface area (Å²) in [5.74, 6) is 0.351. The zero-order valence-electron chi connectivity index (χ0n) is 14.0. The van der Waals surface area contributed by atoms with E-state index in [0.29, 0.717) is 17.4 Å². The number of ether oxygens (including phenoxy) is 1. The van der Waals surface area contributed by atoms with Crippen LogP contribution in [0, 0.1) is 11.8 Å². The molecule has 3 atom stereocenters. The molecule has 1 heterocycles. The predicted octanol–water partition coefficient (Wildman–Crippen LogP) is 3.39. The average Bonchev–Trinajstić information content (AvgIpc) is 3.04. The Morgan fingerprint density at radius 3 is 3.00 bits per heavy atom. The summed E-state index contributed by atoms with van der Waals surface area (Å²) in [6, 6.07) is 5.38. The number of hydrogen-bond donors (Lipinski definition) is 1. The fraction of sp³-hybridized carbons (Fsp3) is 0.500. The van der Waals surface area contributed by atoms with Gasteiger partial charge in [0, 0.05) is 6.04 Å². The molecule has 6 heteroatoms. The maximum Gasteiger partial charge on any atom is 0.338 e. The number of thiazole rings is 1. The normalized spacial score (nSPS) is 23.8. The average molecular weight is 346 g/mol. The fourth-order valence-corrected chi connectivity index (χ4v) is 3.95. The van der Waals surface area contributed by atoms with E-state index in [1.807, 2.05) is 0 Å². The van der Waals surface area contributed by atoms with Gasteiger partial charge in [-0.25, -0.2) is 9.78 Å². The van der Waals surface area contributed by atoms with Gasteiger partial charge in [0.15, 0.2) is 6.61 Å². The summed E-state index contributed by atoms with van der Waals surface area (Å²) in [7, 11) is 0. The van der Waals surface area contributed by atoms with Crippen LogP contribution in [0.25, 0.3) is 10.2 Å². The molecule has 2 aromatic rings. The summed E-state index contributed by atoms with van der Waals surface area (Å²) in [4.78, 5) is 28.4. The second kappa shape index (κ2) is 7.30. The van der Waals surface area contributed by atoms with Crippen LogP contribution >= 0.6 is 11.3 Å². The first kappa shape index (κ1) is 16.9. The fourth-order valence-electron chi connectivity index (χ4n) is 3.23. The molecule has 1 aliphatic rings. The quantitative estimate of drug-likeness (QED) is 0.862. The Morgan fingerprint density at radius 1 is 1.33 bits per heavy atom. The summed E-state index contributed by atoms with van der Waals surface area (Å²) >= 11 is 1.47. The number of hydrogen-bond acceptors (Lipinski definition) is 5. The summed E-state index contributed by atoms with van der Waals surface area (Å²) in [5, 5.41) is 3.01. The van der Waals surface area contributed by atoms with Crippen molar-refractivity contribution < 1.29 is 14.3 Å². The Bertz CT molecular complexity index is 743. The molecule has 1 aliphatic carbocycles. The third-order valence-electron chi connectivity index (χ3n) is 4.95. The third kappa shape index (κ3) is 3.75. The van der Waals surface area contributed by atoms with E-state index in [0.717, 1.165) is 23.1 Å². The Hall–Kier alpha value is -1.95. The highest BCUT2D eigenvalue weighted by molar-refractivity contribution is 7.16. The highest BCUT2D eigenvalue weighted by Crippen LogP contribution is 2.29. The van der Waals surface area contributed by atoms with E-state index >= 15 is 0 Å². The molecule has 3 rings (SSSR count). The van der Waals surface area contributed by atoms with Crippen molar-refractivity contribution in [2.45, 2.75) is 39.2 Å². The maximum atomic E-state index is 12.1. The Morgan fingerprint density at radius 2 is 2.17 bits per heavy atom. The van der Waals surface area contributed by atoms with Crippen LogP contribution in [-0.4, -0.2) is 29.5 Å². The van der Waals surface area contributed by atoms with Crippen molar-refractivity contribution >= 4 is 33.4 Å². The van der Waals surface area contributed by atoms with Gasteiger partial charge in [0.25, 0.3) is 5.91 Å². The lowest BCUT2D eigenvalue weighted by Crippen LogP contribution is -2.45. The van der Waals surface area contributed by atoms with E-state index in [2.05, 4.69) is 24.1 Å². The number of nitrogens with zero attached hydrogens (tertiary/aromatic N) is 1. The molecule has 1 amide bonds. The summed E-state index contributed by atoms with van der Waals surface area (Å²) in [6.45, 7) is 4.15. The molecule has 0 aliphatic heterocycles. The van der Waals surface area contributed by atoms with Crippen LogP contribution in [0.3, 0.4) is 0 Å².